The van der Waals surface area contributed by atoms with E-state index in [0.29, 0.717) is 5.92 Å². The second-order valence-electron chi connectivity index (χ2n) is 3.46. The van der Waals surface area contributed by atoms with Gasteiger partial charge in [-0.3, -0.25) is 0 Å². The van der Waals surface area contributed by atoms with Crippen molar-refractivity contribution in [1.29, 1.82) is 5.26 Å². The molecule has 0 unspecified atom stereocenters. The highest BCUT2D eigenvalue weighted by atomic mass is 35.5. The largest absolute Gasteiger partial charge is 0.192 e. The lowest BCUT2D eigenvalue weighted by atomic mass is 9.96. The number of nitriles is 1. The van der Waals surface area contributed by atoms with E-state index >= 15 is 0 Å². The summed E-state index contributed by atoms with van der Waals surface area (Å²) < 4.78 is 0. The van der Waals surface area contributed by atoms with Crippen molar-refractivity contribution in [2.75, 3.05) is 0 Å². The SMILES string of the molecule is Cc1cc(C#N)c(C(C)C)cc1Cl. The molecule has 0 saturated carbocycles. The van der Waals surface area contributed by atoms with Gasteiger partial charge in [-0.1, -0.05) is 25.4 Å². The number of hydrogen-bond acceptors (Lipinski definition) is 1. The summed E-state index contributed by atoms with van der Waals surface area (Å²) in [6.07, 6.45) is 0. The molecule has 0 saturated heterocycles. The monoisotopic (exact) mass is 193 g/mol. The summed E-state index contributed by atoms with van der Waals surface area (Å²) in [4.78, 5) is 0. The van der Waals surface area contributed by atoms with E-state index < -0.39 is 0 Å². The fourth-order valence-electron chi connectivity index (χ4n) is 1.27. The van der Waals surface area contributed by atoms with Crippen LogP contribution in [0.25, 0.3) is 0 Å². The standard InChI is InChI=1S/C11H12ClN/c1-7(2)10-5-11(12)8(3)4-9(10)6-13/h4-5,7H,1-3H3. The van der Waals surface area contributed by atoms with E-state index in [1.165, 1.54) is 0 Å². The van der Waals surface area contributed by atoms with Crippen molar-refractivity contribution in [3.63, 3.8) is 0 Å². The van der Waals surface area contributed by atoms with E-state index in [1.807, 2.05) is 19.1 Å². The third kappa shape index (κ3) is 2.02. The number of rotatable bonds is 1. The Morgan fingerprint density at radius 2 is 2.00 bits per heavy atom. The zero-order valence-corrected chi connectivity index (χ0v) is 8.81. The lowest BCUT2D eigenvalue weighted by Gasteiger charge is -2.09. The molecule has 0 atom stereocenters. The Kier molecular flexibility index (Phi) is 2.95. The first kappa shape index (κ1) is 10.1. The van der Waals surface area contributed by atoms with Crippen molar-refractivity contribution < 1.29 is 0 Å². The van der Waals surface area contributed by atoms with Crippen molar-refractivity contribution in [3.8, 4) is 6.07 Å². The van der Waals surface area contributed by atoms with Gasteiger partial charge in [0.15, 0.2) is 0 Å². The highest BCUT2D eigenvalue weighted by Gasteiger charge is 2.08. The minimum absolute atomic E-state index is 0.341. The first-order valence-corrected chi connectivity index (χ1v) is 4.64. The van der Waals surface area contributed by atoms with Crippen LogP contribution in [0, 0.1) is 18.3 Å². The van der Waals surface area contributed by atoms with Crippen LogP contribution in [-0.4, -0.2) is 0 Å². The average Bonchev–Trinajstić information content (AvgIpc) is 2.08. The predicted octanol–water partition coefficient (Wildman–Crippen LogP) is 3.64. The second kappa shape index (κ2) is 3.81. The molecule has 68 valence electrons. The van der Waals surface area contributed by atoms with Gasteiger partial charge in [0, 0.05) is 5.02 Å². The van der Waals surface area contributed by atoms with Crippen LogP contribution >= 0.6 is 11.6 Å². The summed E-state index contributed by atoms with van der Waals surface area (Å²) in [5, 5.41) is 9.63. The predicted molar refractivity (Wildman–Crippen MR) is 55.0 cm³/mol. The molecule has 1 aromatic rings. The van der Waals surface area contributed by atoms with Gasteiger partial charge in [-0.25, -0.2) is 0 Å². The Hall–Kier alpha value is -1.000. The van der Waals surface area contributed by atoms with Crippen molar-refractivity contribution >= 4 is 11.6 Å². The maximum Gasteiger partial charge on any atom is 0.0994 e. The van der Waals surface area contributed by atoms with Crippen LogP contribution < -0.4 is 0 Å². The van der Waals surface area contributed by atoms with Crippen molar-refractivity contribution in [3.05, 3.63) is 33.8 Å². The molecule has 0 aliphatic carbocycles. The Morgan fingerprint density at radius 3 is 2.46 bits per heavy atom. The number of halogens is 1. The minimum Gasteiger partial charge on any atom is -0.192 e. The molecule has 1 aromatic carbocycles. The maximum absolute atomic E-state index is 8.89. The van der Waals surface area contributed by atoms with Crippen molar-refractivity contribution in [2.24, 2.45) is 0 Å². The van der Waals surface area contributed by atoms with E-state index in [4.69, 9.17) is 16.9 Å². The fraction of sp³-hybridized carbons (Fsp3) is 0.364. The van der Waals surface area contributed by atoms with E-state index in [0.717, 1.165) is 21.7 Å². The lowest BCUT2D eigenvalue weighted by Crippen LogP contribution is -1.94. The quantitative estimate of drug-likeness (QED) is 0.668. The van der Waals surface area contributed by atoms with Crippen molar-refractivity contribution in [1.82, 2.24) is 0 Å². The molecule has 1 nitrogen and oxygen atoms in total. The molecule has 2 heteroatoms. The molecule has 13 heavy (non-hydrogen) atoms. The van der Waals surface area contributed by atoms with E-state index in [-0.39, 0.29) is 0 Å². The molecule has 0 N–H and O–H groups in total. The second-order valence-corrected chi connectivity index (χ2v) is 3.86. The summed E-state index contributed by atoms with van der Waals surface area (Å²) in [6, 6.07) is 5.92. The molecule has 0 aliphatic rings. The third-order valence-electron chi connectivity index (χ3n) is 2.07. The third-order valence-corrected chi connectivity index (χ3v) is 2.48. The van der Waals surface area contributed by atoms with Gasteiger partial charge in [0.25, 0.3) is 0 Å². The Morgan fingerprint density at radius 1 is 1.38 bits per heavy atom. The zero-order chi connectivity index (χ0) is 10.0. The molecule has 0 spiro atoms. The Labute approximate surface area is 84.0 Å². The summed E-state index contributed by atoms with van der Waals surface area (Å²) in [5.41, 5.74) is 2.72. The number of benzene rings is 1. The summed E-state index contributed by atoms with van der Waals surface area (Å²) in [5.74, 6) is 0.341. The smallest absolute Gasteiger partial charge is 0.0994 e. The molecule has 0 amide bonds. The average molecular weight is 194 g/mol. The van der Waals surface area contributed by atoms with Crippen LogP contribution in [0.15, 0.2) is 12.1 Å². The zero-order valence-electron chi connectivity index (χ0n) is 8.06. The fourth-order valence-corrected chi connectivity index (χ4v) is 1.44. The molecular formula is C11H12ClN. The van der Waals surface area contributed by atoms with Crippen molar-refractivity contribution in [2.45, 2.75) is 26.7 Å². The van der Waals surface area contributed by atoms with E-state index in [2.05, 4.69) is 19.9 Å². The number of aryl methyl sites for hydroxylation is 1. The highest BCUT2D eigenvalue weighted by Crippen LogP contribution is 2.25. The number of hydrogen-bond donors (Lipinski definition) is 0. The van der Waals surface area contributed by atoms with Crippen LogP contribution in [0.5, 0.6) is 0 Å². The Balaban J connectivity index is 3.35. The molecule has 0 heterocycles. The van der Waals surface area contributed by atoms with Crippen LogP contribution in [0.1, 0.15) is 36.5 Å². The molecule has 0 fully saturated rings. The summed E-state index contributed by atoms with van der Waals surface area (Å²) >= 11 is 5.98. The molecule has 0 aliphatic heterocycles. The molecule has 0 radical (unpaired) electrons. The van der Waals surface area contributed by atoms with Gasteiger partial charge >= 0.3 is 0 Å². The topological polar surface area (TPSA) is 23.8 Å². The van der Waals surface area contributed by atoms with E-state index in [9.17, 15) is 0 Å². The summed E-state index contributed by atoms with van der Waals surface area (Å²) in [6.45, 7) is 6.02. The van der Waals surface area contributed by atoms with Gasteiger partial charge in [0.2, 0.25) is 0 Å². The molecule has 0 bridgehead atoms. The normalized spacial score (nSPS) is 10.2. The first-order valence-electron chi connectivity index (χ1n) is 4.26. The first-order chi connectivity index (χ1) is 6.06. The van der Waals surface area contributed by atoms with Gasteiger partial charge in [0.05, 0.1) is 11.6 Å². The van der Waals surface area contributed by atoms with Crippen LogP contribution in [-0.2, 0) is 0 Å². The maximum atomic E-state index is 8.89. The van der Waals surface area contributed by atoms with Crippen LogP contribution in [0.2, 0.25) is 5.02 Å². The molecule has 1 rings (SSSR count). The number of nitrogens with zero attached hydrogens (tertiary/aromatic N) is 1. The summed E-state index contributed by atoms with van der Waals surface area (Å²) in [7, 11) is 0. The van der Waals surface area contributed by atoms with Gasteiger partial charge in [0.1, 0.15) is 0 Å². The highest BCUT2D eigenvalue weighted by molar-refractivity contribution is 6.31. The molecular weight excluding hydrogens is 182 g/mol. The van der Waals surface area contributed by atoms with Crippen LogP contribution in [0.3, 0.4) is 0 Å². The lowest BCUT2D eigenvalue weighted by molar-refractivity contribution is 0.862. The van der Waals surface area contributed by atoms with Gasteiger partial charge in [-0.05, 0) is 36.1 Å². The van der Waals surface area contributed by atoms with Gasteiger partial charge in [-0.2, -0.15) is 5.26 Å². The van der Waals surface area contributed by atoms with E-state index in [1.54, 1.807) is 0 Å². The molecule has 0 aromatic heterocycles. The Bertz CT molecular complexity index is 361. The van der Waals surface area contributed by atoms with Crippen LogP contribution in [0.4, 0.5) is 0 Å². The minimum atomic E-state index is 0.341. The van der Waals surface area contributed by atoms with Gasteiger partial charge in [-0.15, -0.1) is 0 Å². The van der Waals surface area contributed by atoms with Gasteiger partial charge < -0.3 is 0 Å².